The quantitative estimate of drug-likeness (QED) is 0.232. The first kappa shape index (κ1) is 18.1. The molecule has 0 bridgehead atoms. The minimum Gasteiger partial charge on any atom is -0.355 e. The number of benzene rings is 3. The summed E-state index contributed by atoms with van der Waals surface area (Å²) in [6.45, 7) is 0.773. The van der Waals surface area contributed by atoms with Gasteiger partial charge < -0.3 is 15.6 Å². The van der Waals surface area contributed by atoms with E-state index in [-0.39, 0.29) is 0 Å². The standard InChI is InChI=1S/C22H21N5S/c1-3-9-17(10-4-1)24-22(25-18-11-5-2-6-12-18)28-16-15-23-21-26-19-13-7-8-14-20(19)27-21/h1-14H,15-16H2,(H,24,25)(H2,23,26,27). The van der Waals surface area contributed by atoms with Gasteiger partial charge in [0, 0.05) is 18.0 Å². The number of H-pyrrole nitrogens is 1. The van der Waals surface area contributed by atoms with Gasteiger partial charge in [-0.15, -0.1) is 0 Å². The number of thioether (sulfide) groups is 1. The second kappa shape index (κ2) is 9.10. The molecular weight excluding hydrogens is 366 g/mol. The van der Waals surface area contributed by atoms with E-state index in [2.05, 4.69) is 20.6 Å². The molecular formula is C22H21N5S. The van der Waals surface area contributed by atoms with Crippen LogP contribution in [0.15, 0.2) is 89.9 Å². The lowest BCUT2D eigenvalue weighted by molar-refractivity contribution is 1.16. The highest BCUT2D eigenvalue weighted by Crippen LogP contribution is 2.18. The van der Waals surface area contributed by atoms with Crippen molar-refractivity contribution < 1.29 is 0 Å². The maximum atomic E-state index is 4.75. The topological polar surface area (TPSA) is 65.1 Å². The Morgan fingerprint density at radius 3 is 2.39 bits per heavy atom. The minimum absolute atomic E-state index is 0.773. The molecule has 4 rings (SSSR count). The predicted molar refractivity (Wildman–Crippen MR) is 121 cm³/mol. The Morgan fingerprint density at radius 2 is 1.61 bits per heavy atom. The molecule has 28 heavy (non-hydrogen) atoms. The Morgan fingerprint density at radius 1 is 0.893 bits per heavy atom. The lowest BCUT2D eigenvalue weighted by Crippen LogP contribution is -2.12. The van der Waals surface area contributed by atoms with Gasteiger partial charge in [0.15, 0.2) is 5.17 Å². The van der Waals surface area contributed by atoms with Crippen molar-refractivity contribution in [2.45, 2.75) is 0 Å². The van der Waals surface area contributed by atoms with Gasteiger partial charge in [0.25, 0.3) is 0 Å². The zero-order chi connectivity index (χ0) is 19.0. The number of amidine groups is 1. The lowest BCUT2D eigenvalue weighted by Gasteiger charge is -2.10. The highest BCUT2D eigenvalue weighted by Gasteiger charge is 2.04. The molecule has 1 heterocycles. The SMILES string of the molecule is c1ccc(N=C(Nc2ccccc2)SCCNc2nc3ccccc3[nH]2)cc1. The third kappa shape index (κ3) is 4.92. The number of anilines is 2. The van der Waals surface area contributed by atoms with Gasteiger partial charge in [0.05, 0.1) is 16.7 Å². The fourth-order valence-corrected chi connectivity index (χ4v) is 3.47. The van der Waals surface area contributed by atoms with Crippen LogP contribution in [-0.4, -0.2) is 27.4 Å². The van der Waals surface area contributed by atoms with E-state index >= 15 is 0 Å². The molecule has 0 saturated carbocycles. The molecule has 0 aliphatic carbocycles. The number of nitrogens with one attached hydrogen (secondary N) is 3. The largest absolute Gasteiger partial charge is 0.355 e. The molecule has 0 saturated heterocycles. The summed E-state index contributed by atoms with van der Waals surface area (Å²) in [6.07, 6.45) is 0. The Balaban J connectivity index is 1.38. The Labute approximate surface area is 168 Å². The van der Waals surface area contributed by atoms with Gasteiger partial charge in [-0.2, -0.15) is 0 Å². The van der Waals surface area contributed by atoms with Crippen LogP contribution in [0.4, 0.5) is 17.3 Å². The van der Waals surface area contributed by atoms with Crippen molar-refractivity contribution in [1.82, 2.24) is 9.97 Å². The van der Waals surface area contributed by atoms with Gasteiger partial charge in [-0.25, -0.2) is 9.98 Å². The maximum absolute atomic E-state index is 4.75. The van der Waals surface area contributed by atoms with Gasteiger partial charge >= 0.3 is 0 Å². The van der Waals surface area contributed by atoms with E-state index < -0.39 is 0 Å². The molecule has 1 aromatic heterocycles. The maximum Gasteiger partial charge on any atom is 0.201 e. The van der Waals surface area contributed by atoms with Crippen molar-refractivity contribution >= 4 is 45.3 Å². The number of aromatic nitrogens is 2. The zero-order valence-electron chi connectivity index (χ0n) is 15.3. The molecule has 3 aromatic carbocycles. The first-order chi connectivity index (χ1) is 13.9. The Hall–Kier alpha value is -3.25. The van der Waals surface area contributed by atoms with Crippen LogP contribution >= 0.6 is 11.8 Å². The van der Waals surface area contributed by atoms with Gasteiger partial charge in [-0.05, 0) is 36.4 Å². The fraction of sp³-hybridized carbons (Fsp3) is 0.0909. The highest BCUT2D eigenvalue weighted by molar-refractivity contribution is 8.14. The van der Waals surface area contributed by atoms with Crippen LogP contribution < -0.4 is 10.6 Å². The third-order valence-corrected chi connectivity index (χ3v) is 4.91. The molecule has 0 unspecified atom stereocenters. The van der Waals surface area contributed by atoms with E-state index in [0.717, 1.165) is 45.8 Å². The van der Waals surface area contributed by atoms with Crippen LogP contribution in [0.1, 0.15) is 0 Å². The highest BCUT2D eigenvalue weighted by atomic mass is 32.2. The van der Waals surface area contributed by atoms with Gasteiger partial charge in [-0.3, -0.25) is 0 Å². The first-order valence-corrected chi connectivity index (χ1v) is 10.1. The normalized spacial score (nSPS) is 11.5. The zero-order valence-corrected chi connectivity index (χ0v) is 16.1. The van der Waals surface area contributed by atoms with E-state index in [1.165, 1.54) is 0 Å². The van der Waals surface area contributed by atoms with E-state index in [9.17, 15) is 0 Å². The van der Waals surface area contributed by atoms with Crippen molar-refractivity contribution in [3.05, 3.63) is 84.9 Å². The van der Waals surface area contributed by atoms with Crippen molar-refractivity contribution in [3.8, 4) is 0 Å². The first-order valence-electron chi connectivity index (χ1n) is 9.14. The van der Waals surface area contributed by atoms with Crippen molar-refractivity contribution in [2.75, 3.05) is 22.9 Å². The summed E-state index contributed by atoms with van der Waals surface area (Å²) < 4.78 is 0. The Bertz CT molecular complexity index is 1010. The molecule has 0 aliphatic rings. The van der Waals surface area contributed by atoms with E-state index in [1.807, 2.05) is 84.9 Å². The predicted octanol–water partition coefficient (Wildman–Crippen LogP) is 5.51. The summed E-state index contributed by atoms with van der Waals surface area (Å²) in [7, 11) is 0. The number of hydrogen-bond donors (Lipinski definition) is 3. The molecule has 3 N–H and O–H groups in total. The third-order valence-electron chi connectivity index (χ3n) is 4.03. The van der Waals surface area contributed by atoms with Crippen LogP contribution in [0.5, 0.6) is 0 Å². The van der Waals surface area contributed by atoms with Gasteiger partial charge in [0.2, 0.25) is 5.95 Å². The fourth-order valence-electron chi connectivity index (χ4n) is 2.71. The van der Waals surface area contributed by atoms with Crippen molar-refractivity contribution in [3.63, 3.8) is 0 Å². The summed E-state index contributed by atoms with van der Waals surface area (Å²) in [5.41, 5.74) is 3.96. The summed E-state index contributed by atoms with van der Waals surface area (Å²) in [5, 5.41) is 7.62. The van der Waals surface area contributed by atoms with Crippen molar-refractivity contribution in [1.29, 1.82) is 0 Å². The van der Waals surface area contributed by atoms with Crippen LogP contribution in [0.25, 0.3) is 11.0 Å². The van der Waals surface area contributed by atoms with E-state index in [0.29, 0.717) is 0 Å². The molecule has 4 aromatic rings. The number of rotatable bonds is 6. The van der Waals surface area contributed by atoms with E-state index in [1.54, 1.807) is 11.8 Å². The molecule has 0 atom stereocenters. The average molecular weight is 388 g/mol. The number of hydrogen-bond acceptors (Lipinski definition) is 4. The number of nitrogens with zero attached hydrogens (tertiary/aromatic N) is 2. The monoisotopic (exact) mass is 387 g/mol. The van der Waals surface area contributed by atoms with Crippen molar-refractivity contribution in [2.24, 2.45) is 4.99 Å². The lowest BCUT2D eigenvalue weighted by atomic mass is 10.3. The van der Waals surface area contributed by atoms with Gasteiger partial charge in [-0.1, -0.05) is 60.3 Å². The summed E-state index contributed by atoms with van der Waals surface area (Å²) >= 11 is 1.67. The van der Waals surface area contributed by atoms with Crippen LogP contribution in [0, 0.1) is 0 Å². The molecule has 0 radical (unpaired) electrons. The molecule has 6 heteroatoms. The average Bonchev–Trinajstić information content (AvgIpc) is 3.15. The molecule has 0 spiro atoms. The number of fused-ring (bicyclic) bond motifs is 1. The van der Waals surface area contributed by atoms with Gasteiger partial charge in [0.1, 0.15) is 0 Å². The number of aliphatic imine (C=N–C) groups is 1. The van der Waals surface area contributed by atoms with E-state index in [4.69, 9.17) is 4.99 Å². The van der Waals surface area contributed by atoms with Crippen LogP contribution in [0.2, 0.25) is 0 Å². The molecule has 5 nitrogen and oxygen atoms in total. The summed E-state index contributed by atoms with van der Waals surface area (Å²) in [6, 6.07) is 28.1. The second-order valence-corrected chi connectivity index (χ2v) is 7.20. The minimum atomic E-state index is 0.773. The summed E-state index contributed by atoms with van der Waals surface area (Å²) in [4.78, 5) is 12.6. The smallest absolute Gasteiger partial charge is 0.201 e. The van der Waals surface area contributed by atoms with Crippen LogP contribution in [-0.2, 0) is 0 Å². The Kier molecular flexibility index (Phi) is 5.89. The molecule has 0 amide bonds. The van der Waals surface area contributed by atoms with Crippen LogP contribution in [0.3, 0.4) is 0 Å². The summed E-state index contributed by atoms with van der Waals surface area (Å²) in [5.74, 6) is 1.64. The molecule has 140 valence electrons. The second-order valence-electron chi connectivity index (χ2n) is 6.12. The molecule has 0 fully saturated rings. The molecule has 0 aliphatic heterocycles. The number of aromatic amines is 1. The number of imidazole rings is 1. The number of para-hydroxylation sites is 4.